The maximum absolute atomic E-state index is 5.80. The summed E-state index contributed by atoms with van der Waals surface area (Å²) in [5, 5.41) is 9.68. The Balaban J connectivity index is 1.72. The van der Waals surface area contributed by atoms with Gasteiger partial charge in [0.05, 0.1) is 0 Å². The third-order valence-corrected chi connectivity index (χ3v) is 4.43. The Labute approximate surface area is 117 Å². The number of benzene rings is 1. The van der Waals surface area contributed by atoms with Crippen molar-refractivity contribution in [1.82, 2.24) is 14.8 Å². The maximum atomic E-state index is 5.80. The van der Waals surface area contributed by atoms with Crippen molar-refractivity contribution in [3.63, 3.8) is 0 Å². The average molecular weight is 274 g/mol. The highest BCUT2D eigenvalue weighted by Gasteiger charge is 2.14. The van der Waals surface area contributed by atoms with E-state index in [0.29, 0.717) is 0 Å². The maximum Gasteiger partial charge on any atom is 0.191 e. The van der Waals surface area contributed by atoms with Crippen molar-refractivity contribution in [1.29, 1.82) is 0 Å². The van der Waals surface area contributed by atoms with E-state index >= 15 is 0 Å². The van der Waals surface area contributed by atoms with Crippen LogP contribution in [0.3, 0.4) is 0 Å². The molecule has 0 spiro atoms. The van der Waals surface area contributed by atoms with Crippen molar-refractivity contribution in [2.24, 2.45) is 0 Å². The van der Waals surface area contributed by atoms with Gasteiger partial charge in [-0.1, -0.05) is 30.3 Å². The van der Waals surface area contributed by atoms with Gasteiger partial charge < -0.3 is 10.3 Å². The van der Waals surface area contributed by atoms with E-state index in [9.17, 15) is 0 Å². The topological polar surface area (TPSA) is 56.7 Å². The van der Waals surface area contributed by atoms with Crippen molar-refractivity contribution in [2.45, 2.75) is 43.1 Å². The van der Waals surface area contributed by atoms with Crippen molar-refractivity contribution >= 4 is 17.4 Å². The van der Waals surface area contributed by atoms with E-state index in [0.717, 1.165) is 35.4 Å². The van der Waals surface area contributed by atoms with Gasteiger partial charge in [-0.15, -0.1) is 10.2 Å². The van der Waals surface area contributed by atoms with Gasteiger partial charge in [0.15, 0.2) is 5.16 Å². The summed E-state index contributed by atoms with van der Waals surface area (Å²) in [4.78, 5) is 0. The fourth-order valence-electron chi connectivity index (χ4n) is 2.40. The molecule has 0 fully saturated rings. The molecule has 5 heteroatoms. The van der Waals surface area contributed by atoms with Gasteiger partial charge in [-0.25, -0.2) is 0 Å². The molecule has 0 amide bonds. The van der Waals surface area contributed by atoms with E-state index < -0.39 is 0 Å². The van der Waals surface area contributed by atoms with Crippen LogP contribution in [0.25, 0.3) is 0 Å². The number of nitrogen functional groups attached to an aromatic ring is 1. The van der Waals surface area contributed by atoms with Gasteiger partial charge in [-0.2, -0.15) is 0 Å². The van der Waals surface area contributed by atoms with Crippen LogP contribution in [-0.2, 0) is 18.7 Å². The molecule has 4 nitrogen and oxygen atoms in total. The van der Waals surface area contributed by atoms with Gasteiger partial charge in [0.2, 0.25) is 0 Å². The molecule has 0 saturated heterocycles. The van der Waals surface area contributed by atoms with E-state index in [1.807, 2.05) is 18.2 Å². The molecule has 2 aromatic rings. The first-order chi connectivity index (χ1) is 9.33. The van der Waals surface area contributed by atoms with E-state index in [1.54, 1.807) is 11.8 Å². The Morgan fingerprint density at radius 2 is 2.16 bits per heavy atom. The Morgan fingerprint density at radius 3 is 3.05 bits per heavy atom. The Hall–Kier alpha value is -1.49. The zero-order valence-corrected chi connectivity index (χ0v) is 11.7. The molecule has 1 aromatic carbocycles. The largest absolute Gasteiger partial charge is 0.399 e. The first kappa shape index (κ1) is 12.5. The van der Waals surface area contributed by atoms with Crippen molar-refractivity contribution in [2.75, 3.05) is 5.73 Å². The predicted octanol–water partition coefficient (Wildman–Crippen LogP) is 2.88. The van der Waals surface area contributed by atoms with Gasteiger partial charge in [0.1, 0.15) is 5.82 Å². The molecule has 0 aliphatic carbocycles. The highest BCUT2D eigenvalue weighted by Crippen LogP contribution is 2.25. The summed E-state index contributed by atoms with van der Waals surface area (Å²) >= 11 is 1.75. The Morgan fingerprint density at radius 1 is 1.21 bits per heavy atom. The molecule has 1 aliphatic rings. The van der Waals surface area contributed by atoms with Crippen LogP contribution in [0.15, 0.2) is 29.4 Å². The van der Waals surface area contributed by atoms with Crippen LogP contribution in [0.2, 0.25) is 0 Å². The molecule has 100 valence electrons. The number of aryl methyl sites for hydroxylation is 1. The molecule has 3 rings (SSSR count). The number of hydrogen-bond donors (Lipinski definition) is 1. The minimum atomic E-state index is 0.818. The minimum Gasteiger partial charge on any atom is -0.399 e. The number of thioether (sulfide) groups is 1. The Bertz CT molecular complexity index is 564. The first-order valence-electron chi connectivity index (χ1n) is 6.72. The highest BCUT2D eigenvalue weighted by molar-refractivity contribution is 7.98. The summed E-state index contributed by atoms with van der Waals surface area (Å²) in [7, 11) is 0. The number of hydrogen-bond acceptors (Lipinski definition) is 4. The fraction of sp³-hybridized carbons (Fsp3) is 0.429. The fourth-order valence-corrected chi connectivity index (χ4v) is 3.32. The van der Waals surface area contributed by atoms with Gasteiger partial charge in [0.25, 0.3) is 0 Å². The lowest BCUT2D eigenvalue weighted by molar-refractivity contribution is 0.591. The lowest BCUT2D eigenvalue weighted by Gasteiger charge is -2.06. The average Bonchev–Trinajstić information content (AvgIpc) is 2.64. The van der Waals surface area contributed by atoms with Crippen LogP contribution in [0, 0.1) is 0 Å². The summed E-state index contributed by atoms with van der Waals surface area (Å²) in [6.07, 6.45) is 4.82. The highest BCUT2D eigenvalue weighted by atomic mass is 32.2. The number of nitrogens with two attached hydrogens (primary N) is 1. The number of anilines is 1. The molecule has 0 saturated carbocycles. The predicted molar refractivity (Wildman–Crippen MR) is 78.0 cm³/mol. The SMILES string of the molecule is Nc1cccc(CSc2nnc3n2CCCCC3)c1. The van der Waals surface area contributed by atoms with E-state index in [4.69, 9.17) is 5.73 Å². The smallest absolute Gasteiger partial charge is 0.191 e. The first-order valence-corrected chi connectivity index (χ1v) is 7.71. The standard InChI is InChI=1S/C14H18N4S/c15-12-6-4-5-11(9-12)10-19-14-17-16-13-7-2-1-3-8-18(13)14/h4-6,9H,1-3,7-8,10,15H2. The van der Waals surface area contributed by atoms with E-state index in [-0.39, 0.29) is 0 Å². The molecule has 0 atom stereocenters. The van der Waals surface area contributed by atoms with Crippen LogP contribution in [0.5, 0.6) is 0 Å². The van der Waals surface area contributed by atoms with Crippen LogP contribution in [0.1, 0.15) is 30.7 Å². The molecule has 0 unspecified atom stereocenters. The second-order valence-electron chi connectivity index (χ2n) is 4.89. The van der Waals surface area contributed by atoms with Crippen LogP contribution >= 0.6 is 11.8 Å². The van der Waals surface area contributed by atoms with Crippen LogP contribution < -0.4 is 5.73 Å². The molecule has 1 aliphatic heterocycles. The second-order valence-corrected chi connectivity index (χ2v) is 5.84. The van der Waals surface area contributed by atoms with Gasteiger partial charge in [-0.3, -0.25) is 0 Å². The van der Waals surface area contributed by atoms with Crippen molar-refractivity contribution in [3.8, 4) is 0 Å². The van der Waals surface area contributed by atoms with Crippen LogP contribution in [0.4, 0.5) is 5.69 Å². The van der Waals surface area contributed by atoms with E-state index in [1.165, 1.54) is 24.8 Å². The monoisotopic (exact) mass is 274 g/mol. The molecule has 2 heterocycles. The number of nitrogens with zero attached hydrogens (tertiary/aromatic N) is 3. The van der Waals surface area contributed by atoms with Crippen LogP contribution in [-0.4, -0.2) is 14.8 Å². The number of aromatic nitrogens is 3. The Kier molecular flexibility index (Phi) is 3.73. The molecule has 19 heavy (non-hydrogen) atoms. The molecular weight excluding hydrogens is 256 g/mol. The molecule has 1 aromatic heterocycles. The second kappa shape index (κ2) is 5.65. The summed E-state index contributed by atoms with van der Waals surface area (Å²) in [5.74, 6) is 2.04. The van der Waals surface area contributed by atoms with Crippen molar-refractivity contribution < 1.29 is 0 Å². The quantitative estimate of drug-likeness (QED) is 0.690. The lowest BCUT2D eigenvalue weighted by Crippen LogP contribution is -2.02. The number of fused-ring (bicyclic) bond motifs is 1. The molecule has 0 bridgehead atoms. The third-order valence-electron chi connectivity index (χ3n) is 3.39. The van der Waals surface area contributed by atoms with E-state index in [2.05, 4.69) is 20.8 Å². The molecular formula is C14H18N4S. The summed E-state index contributed by atoms with van der Waals surface area (Å²) < 4.78 is 2.28. The number of rotatable bonds is 3. The summed E-state index contributed by atoms with van der Waals surface area (Å²) in [5.41, 5.74) is 7.85. The molecule has 0 radical (unpaired) electrons. The summed E-state index contributed by atoms with van der Waals surface area (Å²) in [6.45, 7) is 1.06. The lowest BCUT2D eigenvalue weighted by atomic mass is 10.2. The third kappa shape index (κ3) is 2.92. The zero-order chi connectivity index (χ0) is 13.1. The van der Waals surface area contributed by atoms with Gasteiger partial charge in [-0.05, 0) is 30.5 Å². The minimum absolute atomic E-state index is 0.818. The van der Waals surface area contributed by atoms with Gasteiger partial charge >= 0.3 is 0 Å². The molecule has 2 N–H and O–H groups in total. The summed E-state index contributed by atoms with van der Waals surface area (Å²) in [6, 6.07) is 8.03. The normalized spacial score (nSPS) is 14.9. The van der Waals surface area contributed by atoms with Crippen molar-refractivity contribution in [3.05, 3.63) is 35.7 Å². The van der Waals surface area contributed by atoms with Gasteiger partial charge in [0, 0.05) is 24.4 Å². The zero-order valence-electron chi connectivity index (χ0n) is 10.9.